The van der Waals surface area contributed by atoms with Gasteiger partial charge in [0.15, 0.2) is 0 Å². The molecule has 1 atom stereocenters. The third-order valence-electron chi connectivity index (χ3n) is 3.47. The first-order valence-corrected chi connectivity index (χ1v) is 6.13. The van der Waals surface area contributed by atoms with Gasteiger partial charge in [-0.2, -0.15) is 5.10 Å². The maximum Gasteiger partial charge on any atom is 0.325 e. The molecule has 1 amide bonds. The fourth-order valence-electron chi connectivity index (χ4n) is 2.28. The SMILES string of the molecule is Cc1cc(C)n(CC(=O)N2CCC(N)(C(=O)O)C2)n1. The molecule has 104 valence electrons. The van der Waals surface area contributed by atoms with E-state index >= 15 is 0 Å². The number of aliphatic carboxylic acids is 1. The summed E-state index contributed by atoms with van der Waals surface area (Å²) in [4.78, 5) is 24.6. The van der Waals surface area contributed by atoms with Crippen LogP contribution in [0, 0.1) is 13.8 Å². The molecule has 7 nitrogen and oxygen atoms in total. The number of amides is 1. The van der Waals surface area contributed by atoms with Crippen LogP contribution in [0.4, 0.5) is 0 Å². The number of likely N-dealkylation sites (tertiary alicyclic amines) is 1. The van der Waals surface area contributed by atoms with Gasteiger partial charge >= 0.3 is 5.97 Å². The molecule has 1 aliphatic rings. The van der Waals surface area contributed by atoms with Crippen LogP contribution in [-0.4, -0.2) is 50.3 Å². The van der Waals surface area contributed by atoms with Crippen LogP contribution in [-0.2, 0) is 16.1 Å². The average molecular weight is 266 g/mol. The number of carboxylic acid groups (broad SMARTS) is 1. The summed E-state index contributed by atoms with van der Waals surface area (Å²) in [5, 5.41) is 13.2. The Hall–Kier alpha value is -1.89. The molecule has 19 heavy (non-hydrogen) atoms. The molecule has 1 fully saturated rings. The number of nitrogens with zero attached hydrogens (tertiary/aromatic N) is 3. The molecule has 7 heteroatoms. The second-order valence-electron chi connectivity index (χ2n) is 5.11. The standard InChI is InChI=1S/C12H18N4O3/c1-8-5-9(2)16(14-8)6-10(17)15-4-3-12(13,7-15)11(18)19/h5H,3-4,6-7,13H2,1-2H3,(H,18,19). The van der Waals surface area contributed by atoms with Crippen molar-refractivity contribution in [1.82, 2.24) is 14.7 Å². The Morgan fingerprint density at radius 3 is 2.68 bits per heavy atom. The Labute approximate surface area is 111 Å². The zero-order valence-electron chi connectivity index (χ0n) is 11.1. The molecule has 1 aromatic rings. The minimum atomic E-state index is -1.31. The van der Waals surface area contributed by atoms with Crippen LogP contribution in [0.15, 0.2) is 6.07 Å². The van der Waals surface area contributed by atoms with E-state index in [4.69, 9.17) is 10.8 Å². The zero-order valence-corrected chi connectivity index (χ0v) is 11.1. The quantitative estimate of drug-likeness (QED) is 0.769. The van der Waals surface area contributed by atoms with Crippen LogP contribution in [0.2, 0.25) is 0 Å². The fraction of sp³-hybridized carbons (Fsp3) is 0.583. The van der Waals surface area contributed by atoms with Gasteiger partial charge in [0.1, 0.15) is 12.1 Å². The number of aryl methyl sites for hydroxylation is 2. The number of rotatable bonds is 3. The summed E-state index contributed by atoms with van der Waals surface area (Å²) < 4.78 is 1.62. The van der Waals surface area contributed by atoms with Gasteiger partial charge in [-0.05, 0) is 26.3 Å². The third kappa shape index (κ3) is 2.60. The van der Waals surface area contributed by atoms with Gasteiger partial charge in [0.25, 0.3) is 0 Å². The molecule has 0 aromatic carbocycles. The summed E-state index contributed by atoms with van der Waals surface area (Å²) in [6.07, 6.45) is 0.283. The highest BCUT2D eigenvalue weighted by atomic mass is 16.4. The number of aromatic nitrogens is 2. The number of nitrogens with two attached hydrogens (primary N) is 1. The van der Waals surface area contributed by atoms with Crippen molar-refractivity contribution < 1.29 is 14.7 Å². The minimum absolute atomic E-state index is 0.0560. The zero-order chi connectivity index (χ0) is 14.2. The summed E-state index contributed by atoms with van der Waals surface area (Å²) in [6, 6.07) is 1.89. The van der Waals surface area contributed by atoms with Crippen LogP contribution < -0.4 is 5.73 Å². The van der Waals surface area contributed by atoms with E-state index in [9.17, 15) is 9.59 Å². The molecule has 1 saturated heterocycles. The second-order valence-corrected chi connectivity index (χ2v) is 5.11. The summed E-state index contributed by atoms with van der Waals surface area (Å²) in [5.74, 6) is -1.21. The van der Waals surface area contributed by atoms with E-state index in [1.54, 1.807) is 4.68 Å². The van der Waals surface area contributed by atoms with Crippen LogP contribution >= 0.6 is 0 Å². The molecular formula is C12H18N4O3. The highest BCUT2D eigenvalue weighted by Crippen LogP contribution is 2.19. The number of carbonyl (C=O) groups is 2. The van der Waals surface area contributed by atoms with Crippen LogP contribution in [0.5, 0.6) is 0 Å². The fourth-order valence-corrected chi connectivity index (χ4v) is 2.28. The molecule has 1 unspecified atom stereocenters. The molecule has 0 radical (unpaired) electrons. The molecule has 2 heterocycles. The van der Waals surface area contributed by atoms with Crippen molar-refractivity contribution in [2.75, 3.05) is 13.1 Å². The lowest BCUT2D eigenvalue weighted by Gasteiger charge is -2.20. The Kier molecular flexibility index (Phi) is 3.32. The molecule has 0 aliphatic carbocycles. The number of hydrogen-bond donors (Lipinski definition) is 2. The van der Waals surface area contributed by atoms with Crippen LogP contribution in [0.25, 0.3) is 0 Å². The van der Waals surface area contributed by atoms with E-state index in [0.29, 0.717) is 6.54 Å². The summed E-state index contributed by atoms with van der Waals surface area (Å²) >= 11 is 0. The Balaban J connectivity index is 2.03. The maximum absolute atomic E-state index is 12.1. The highest BCUT2D eigenvalue weighted by Gasteiger charge is 2.42. The normalized spacial score (nSPS) is 22.8. The topological polar surface area (TPSA) is 101 Å². The number of hydrogen-bond acceptors (Lipinski definition) is 4. The van der Waals surface area contributed by atoms with Crippen molar-refractivity contribution in [2.24, 2.45) is 5.73 Å². The molecular weight excluding hydrogens is 248 g/mol. The predicted octanol–water partition coefficient (Wildman–Crippen LogP) is -0.486. The first kappa shape index (κ1) is 13.5. The first-order chi connectivity index (χ1) is 8.82. The third-order valence-corrected chi connectivity index (χ3v) is 3.47. The van der Waals surface area contributed by atoms with Crippen LogP contribution in [0.1, 0.15) is 17.8 Å². The molecule has 2 rings (SSSR count). The van der Waals surface area contributed by atoms with Gasteiger partial charge in [-0.3, -0.25) is 14.3 Å². The summed E-state index contributed by atoms with van der Waals surface area (Å²) in [6.45, 7) is 4.29. The molecule has 1 aliphatic heterocycles. The highest BCUT2D eigenvalue weighted by molar-refractivity contribution is 5.83. The Morgan fingerprint density at radius 2 is 2.21 bits per heavy atom. The smallest absolute Gasteiger partial charge is 0.325 e. The predicted molar refractivity (Wildman–Crippen MR) is 67.5 cm³/mol. The van der Waals surface area contributed by atoms with E-state index < -0.39 is 11.5 Å². The van der Waals surface area contributed by atoms with Crippen molar-refractivity contribution in [3.63, 3.8) is 0 Å². The number of carbonyl (C=O) groups excluding carboxylic acids is 1. The maximum atomic E-state index is 12.1. The van der Waals surface area contributed by atoms with Crippen LogP contribution in [0.3, 0.4) is 0 Å². The van der Waals surface area contributed by atoms with Crippen molar-refractivity contribution in [2.45, 2.75) is 32.4 Å². The van der Waals surface area contributed by atoms with Gasteiger partial charge in [0, 0.05) is 18.8 Å². The average Bonchev–Trinajstić information content (AvgIpc) is 2.84. The van der Waals surface area contributed by atoms with Crippen molar-refractivity contribution in [3.05, 3.63) is 17.5 Å². The lowest BCUT2D eigenvalue weighted by atomic mass is 10.0. The molecule has 0 bridgehead atoms. The van der Waals surface area contributed by atoms with E-state index in [1.165, 1.54) is 4.90 Å². The van der Waals surface area contributed by atoms with Gasteiger partial charge in [0.05, 0.1) is 5.69 Å². The first-order valence-electron chi connectivity index (χ1n) is 6.13. The van der Waals surface area contributed by atoms with Crippen molar-refractivity contribution in [1.29, 1.82) is 0 Å². The molecule has 1 aromatic heterocycles. The molecule has 0 saturated carbocycles. The van der Waals surface area contributed by atoms with E-state index in [0.717, 1.165) is 11.4 Å². The number of carboxylic acids is 1. The van der Waals surface area contributed by atoms with Gasteiger partial charge in [-0.1, -0.05) is 0 Å². The largest absolute Gasteiger partial charge is 0.480 e. The van der Waals surface area contributed by atoms with E-state index in [-0.39, 0.29) is 25.4 Å². The van der Waals surface area contributed by atoms with Crippen molar-refractivity contribution >= 4 is 11.9 Å². The minimum Gasteiger partial charge on any atom is -0.480 e. The lowest BCUT2D eigenvalue weighted by molar-refractivity contribution is -0.143. The monoisotopic (exact) mass is 266 g/mol. The van der Waals surface area contributed by atoms with Gasteiger partial charge < -0.3 is 15.7 Å². The Morgan fingerprint density at radius 1 is 1.53 bits per heavy atom. The van der Waals surface area contributed by atoms with Gasteiger partial charge in [0.2, 0.25) is 5.91 Å². The van der Waals surface area contributed by atoms with E-state index in [1.807, 2.05) is 19.9 Å². The summed E-state index contributed by atoms with van der Waals surface area (Å²) in [7, 11) is 0. The molecule has 0 spiro atoms. The van der Waals surface area contributed by atoms with Gasteiger partial charge in [-0.15, -0.1) is 0 Å². The second kappa shape index (κ2) is 4.65. The van der Waals surface area contributed by atoms with Gasteiger partial charge in [-0.25, -0.2) is 0 Å². The Bertz CT molecular complexity index is 525. The molecule has 3 N–H and O–H groups in total. The lowest BCUT2D eigenvalue weighted by Crippen LogP contribution is -2.50. The van der Waals surface area contributed by atoms with Crippen molar-refractivity contribution in [3.8, 4) is 0 Å². The summed E-state index contributed by atoms with van der Waals surface area (Å²) in [5.41, 5.74) is 6.18. The van der Waals surface area contributed by atoms with E-state index in [2.05, 4.69) is 5.10 Å².